The first-order valence-corrected chi connectivity index (χ1v) is 6.44. The van der Waals surface area contributed by atoms with E-state index in [9.17, 15) is 4.79 Å². The third-order valence-electron chi connectivity index (χ3n) is 2.66. The molecule has 2 aromatic rings. The lowest BCUT2D eigenvalue weighted by Gasteiger charge is -2.05. The highest BCUT2D eigenvalue weighted by Crippen LogP contribution is 2.11. The Kier molecular flexibility index (Phi) is 4.93. The SMILES string of the molecule is Cc1cccc(OCC(=O)N/N=C\c2ccc(O)cc2)c1. The number of carbonyl (C=O) groups excluding carboxylic acids is 1. The molecule has 2 aromatic carbocycles. The van der Waals surface area contributed by atoms with Gasteiger partial charge in [0.25, 0.3) is 5.91 Å². The van der Waals surface area contributed by atoms with Crippen LogP contribution in [0.15, 0.2) is 53.6 Å². The first-order valence-electron chi connectivity index (χ1n) is 6.44. The number of carbonyl (C=O) groups is 1. The van der Waals surface area contributed by atoms with Crippen LogP contribution in [-0.4, -0.2) is 23.8 Å². The second kappa shape index (κ2) is 7.09. The van der Waals surface area contributed by atoms with Crippen molar-refractivity contribution in [2.24, 2.45) is 5.10 Å². The summed E-state index contributed by atoms with van der Waals surface area (Å²) in [6.07, 6.45) is 1.49. The predicted octanol–water partition coefficient (Wildman–Crippen LogP) is 2.23. The van der Waals surface area contributed by atoms with E-state index < -0.39 is 0 Å². The number of nitrogens with zero attached hydrogens (tertiary/aromatic N) is 1. The molecule has 0 spiro atoms. The van der Waals surface area contributed by atoms with Gasteiger partial charge in [-0.1, -0.05) is 12.1 Å². The summed E-state index contributed by atoms with van der Waals surface area (Å²) in [5.74, 6) is 0.488. The minimum atomic E-state index is -0.341. The minimum absolute atomic E-state index is 0.101. The lowest BCUT2D eigenvalue weighted by molar-refractivity contribution is -0.123. The van der Waals surface area contributed by atoms with Crippen LogP contribution in [0.1, 0.15) is 11.1 Å². The molecule has 0 fully saturated rings. The lowest BCUT2D eigenvalue weighted by atomic mass is 10.2. The van der Waals surface area contributed by atoms with Crippen LogP contribution in [0.4, 0.5) is 0 Å². The van der Waals surface area contributed by atoms with E-state index in [2.05, 4.69) is 10.5 Å². The molecule has 1 amide bonds. The van der Waals surface area contributed by atoms with Gasteiger partial charge in [-0.05, 0) is 54.4 Å². The van der Waals surface area contributed by atoms with Crippen LogP contribution in [0.5, 0.6) is 11.5 Å². The zero-order valence-corrected chi connectivity index (χ0v) is 11.6. The molecule has 0 atom stereocenters. The van der Waals surface area contributed by atoms with E-state index in [1.54, 1.807) is 30.3 Å². The maximum absolute atomic E-state index is 11.6. The number of aryl methyl sites for hydroxylation is 1. The Balaban J connectivity index is 1.78. The van der Waals surface area contributed by atoms with Crippen LogP contribution >= 0.6 is 0 Å². The third-order valence-corrected chi connectivity index (χ3v) is 2.66. The van der Waals surface area contributed by atoms with Crippen LogP contribution < -0.4 is 10.2 Å². The minimum Gasteiger partial charge on any atom is -0.508 e. The van der Waals surface area contributed by atoms with Crippen molar-refractivity contribution < 1.29 is 14.6 Å². The number of phenolic OH excluding ortho intramolecular Hbond substituents is 1. The number of aromatic hydroxyl groups is 1. The average Bonchev–Trinajstić information content (AvgIpc) is 2.47. The summed E-state index contributed by atoms with van der Waals surface area (Å²) < 4.78 is 5.35. The van der Waals surface area contributed by atoms with Crippen LogP contribution in [0.2, 0.25) is 0 Å². The molecule has 0 unspecified atom stereocenters. The van der Waals surface area contributed by atoms with Crippen molar-refractivity contribution in [1.29, 1.82) is 0 Å². The highest BCUT2D eigenvalue weighted by Gasteiger charge is 2.01. The van der Waals surface area contributed by atoms with Gasteiger partial charge in [-0.3, -0.25) is 4.79 Å². The molecule has 0 saturated carbocycles. The van der Waals surface area contributed by atoms with E-state index in [4.69, 9.17) is 9.84 Å². The maximum atomic E-state index is 11.6. The molecule has 0 aliphatic carbocycles. The van der Waals surface area contributed by atoms with E-state index in [1.807, 2.05) is 25.1 Å². The molecule has 5 nitrogen and oxygen atoms in total. The summed E-state index contributed by atoms with van der Waals surface area (Å²) in [4.78, 5) is 11.6. The first-order chi connectivity index (χ1) is 10.1. The molecule has 0 bridgehead atoms. The van der Waals surface area contributed by atoms with Gasteiger partial charge >= 0.3 is 0 Å². The molecule has 2 N–H and O–H groups in total. The van der Waals surface area contributed by atoms with Gasteiger partial charge < -0.3 is 9.84 Å². The topological polar surface area (TPSA) is 70.9 Å². The number of phenols is 1. The first kappa shape index (κ1) is 14.6. The normalized spacial score (nSPS) is 10.5. The summed E-state index contributed by atoms with van der Waals surface area (Å²) in [6.45, 7) is 1.85. The summed E-state index contributed by atoms with van der Waals surface area (Å²) in [6, 6.07) is 13.9. The van der Waals surface area contributed by atoms with Crippen LogP contribution in [0.25, 0.3) is 0 Å². The van der Waals surface area contributed by atoms with Gasteiger partial charge in [0.05, 0.1) is 6.21 Å². The smallest absolute Gasteiger partial charge is 0.277 e. The number of hydrazone groups is 1. The number of nitrogens with one attached hydrogen (secondary N) is 1. The van der Waals surface area contributed by atoms with E-state index in [0.29, 0.717) is 5.75 Å². The molecule has 108 valence electrons. The Labute approximate surface area is 122 Å². The largest absolute Gasteiger partial charge is 0.508 e. The molecular weight excluding hydrogens is 268 g/mol. The van der Waals surface area contributed by atoms with E-state index in [0.717, 1.165) is 11.1 Å². The fraction of sp³-hybridized carbons (Fsp3) is 0.125. The predicted molar refractivity (Wildman–Crippen MR) is 80.5 cm³/mol. The lowest BCUT2D eigenvalue weighted by Crippen LogP contribution is -2.24. The fourth-order valence-electron chi connectivity index (χ4n) is 1.63. The van der Waals surface area contributed by atoms with Gasteiger partial charge in [-0.25, -0.2) is 5.43 Å². The Morgan fingerprint density at radius 2 is 2.05 bits per heavy atom. The van der Waals surface area contributed by atoms with Crippen molar-refractivity contribution in [3.63, 3.8) is 0 Å². The molecule has 5 heteroatoms. The second-order valence-electron chi connectivity index (χ2n) is 4.49. The Bertz CT molecular complexity index is 636. The molecule has 0 heterocycles. The summed E-state index contributed by atoms with van der Waals surface area (Å²) >= 11 is 0. The number of amides is 1. The van der Waals surface area contributed by atoms with Crippen LogP contribution in [0.3, 0.4) is 0 Å². The molecule has 0 radical (unpaired) electrons. The van der Waals surface area contributed by atoms with Gasteiger partial charge in [-0.2, -0.15) is 5.10 Å². The van der Waals surface area contributed by atoms with Gasteiger partial charge in [-0.15, -0.1) is 0 Å². The van der Waals surface area contributed by atoms with Gasteiger partial charge in [0.1, 0.15) is 11.5 Å². The molecule has 21 heavy (non-hydrogen) atoms. The van der Waals surface area contributed by atoms with E-state index in [1.165, 1.54) is 6.21 Å². The fourth-order valence-corrected chi connectivity index (χ4v) is 1.63. The van der Waals surface area contributed by atoms with Crippen molar-refractivity contribution in [2.75, 3.05) is 6.61 Å². The average molecular weight is 284 g/mol. The number of hydrogen-bond acceptors (Lipinski definition) is 4. The Morgan fingerprint density at radius 3 is 2.76 bits per heavy atom. The van der Waals surface area contributed by atoms with Crippen molar-refractivity contribution in [3.8, 4) is 11.5 Å². The number of rotatable bonds is 5. The number of ether oxygens (including phenoxy) is 1. The van der Waals surface area contributed by atoms with E-state index in [-0.39, 0.29) is 18.3 Å². The molecular formula is C16H16N2O3. The monoisotopic (exact) mass is 284 g/mol. The summed E-state index contributed by atoms with van der Waals surface area (Å²) in [5, 5.41) is 13.0. The quantitative estimate of drug-likeness (QED) is 0.653. The van der Waals surface area contributed by atoms with Crippen LogP contribution in [0, 0.1) is 6.92 Å². The van der Waals surface area contributed by atoms with Crippen molar-refractivity contribution in [3.05, 3.63) is 59.7 Å². The van der Waals surface area contributed by atoms with Crippen molar-refractivity contribution >= 4 is 12.1 Å². The third kappa shape index (κ3) is 4.99. The number of hydrogen-bond donors (Lipinski definition) is 2. The standard InChI is InChI=1S/C16H16N2O3/c1-12-3-2-4-15(9-12)21-11-16(20)18-17-10-13-5-7-14(19)8-6-13/h2-10,19H,11H2,1H3,(H,18,20)/b17-10-. The molecule has 0 aliphatic heterocycles. The van der Waals surface area contributed by atoms with Crippen molar-refractivity contribution in [2.45, 2.75) is 6.92 Å². The maximum Gasteiger partial charge on any atom is 0.277 e. The molecule has 2 rings (SSSR count). The van der Waals surface area contributed by atoms with Crippen LogP contribution in [-0.2, 0) is 4.79 Å². The van der Waals surface area contributed by atoms with Crippen molar-refractivity contribution in [1.82, 2.24) is 5.43 Å². The van der Waals surface area contributed by atoms with E-state index >= 15 is 0 Å². The number of benzene rings is 2. The zero-order valence-electron chi connectivity index (χ0n) is 11.6. The van der Waals surface area contributed by atoms with Gasteiger partial charge in [0, 0.05) is 0 Å². The van der Waals surface area contributed by atoms with Gasteiger partial charge in [0.15, 0.2) is 6.61 Å². The highest BCUT2D eigenvalue weighted by molar-refractivity contribution is 5.83. The summed E-state index contributed by atoms with van der Waals surface area (Å²) in [7, 11) is 0. The second-order valence-corrected chi connectivity index (χ2v) is 4.49. The van der Waals surface area contributed by atoms with Gasteiger partial charge in [0.2, 0.25) is 0 Å². The zero-order chi connectivity index (χ0) is 15.1. The molecule has 0 aliphatic rings. The highest BCUT2D eigenvalue weighted by atomic mass is 16.5. The molecule has 0 aromatic heterocycles. The Hall–Kier alpha value is -2.82. The molecule has 0 saturated heterocycles. The Morgan fingerprint density at radius 1 is 1.29 bits per heavy atom. The summed E-state index contributed by atoms with van der Waals surface area (Å²) in [5.41, 5.74) is 4.21.